The molecular weight excluding hydrogens is 401 g/mol. The zero-order chi connectivity index (χ0) is 20.1. The van der Waals surface area contributed by atoms with Gasteiger partial charge in [0.1, 0.15) is 5.75 Å². The zero-order valence-electron chi connectivity index (χ0n) is 13.8. The molecule has 11 heteroatoms. The van der Waals surface area contributed by atoms with Crippen molar-refractivity contribution in [3.63, 3.8) is 0 Å². The number of aromatic nitrogens is 2. The van der Waals surface area contributed by atoms with E-state index in [0.29, 0.717) is 16.1 Å². The minimum Gasteiger partial charge on any atom is -0.406 e. The Morgan fingerprint density at radius 2 is 1.89 bits per heavy atom. The number of ether oxygens (including phenoxy) is 1. The summed E-state index contributed by atoms with van der Waals surface area (Å²) < 4.78 is 45.1. The van der Waals surface area contributed by atoms with E-state index < -0.39 is 18.0 Å². The van der Waals surface area contributed by atoms with Crippen molar-refractivity contribution >= 4 is 23.7 Å². The predicted molar refractivity (Wildman–Crippen MR) is 92.9 cm³/mol. The average molecular weight is 411 g/mol. The SMILES string of the molecule is O=C(NN=Cc1ccccc1Cl)c1nc(-c2ccc(OC(F)(F)F)cc2)no1. The van der Waals surface area contributed by atoms with Crippen LogP contribution in [0.15, 0.2) is 58.2 Å². The van der Waals surface area contributed by atoms with Crippen LogP contribution in [-0.4, -0.2) is 28.6 Å². The summed E-state index contributed by atoms with van der Waals surface area (Å²) in [7, 11) is 0. The summed E-state index contributed by atoms with van der Waals surface area (Å²) >= 11 is 5.96. The fraction of sp³-hybridized carbons (Fsp3) is 0.0588. The van der Waals surface area contributed by atoms with Crippen LogP contribution in [0, 0.1) is 0 Å². The van der Waals surface area contributed by atoms with Gasteiger partial charge in [0, 0.05) is 16.1 Å². The van der Waals surface area contributed by atoms with E-state index in [4.69, 9.17) is 16.1 Å². The molecule has 1 N–H and O–H groups in total. The highest BCUT2D eigenvalue weighted by Crippen LogP contribution is 2.25. The summed E-state index contributed by atoms with van der Waals surface area (Å²) in [6, 6.07) is 11.6. The molecule has 1 amide bonds. The first-order valence-electron chi connectivity index (χ1n) is 7.60. The van der Waals surface area contributed by atoms with Gasteiger partial charge in [-0.25, -0.2) is 5.43 Å². The molecular formula is C17H10ClF3N4O3. The van der Waals surface area contributed by atoms with Crippen LogP contribution in [0.3, 0.4) is 0 Å². The molecule has 0 saturated carbocycles. The van der Waals surface area contributed by atoms with Gasteiger partial charge < -0.3 is 9.26 Å². The van der Waals surface area contributed by atoms with Crippen LogP contribution < -0.4 is 10.2 Å². The standard InChI is InChI=1S/C17H10ClF3N4O3/c18-13-4-2-1-3-11(13)9-22-24-15(26)16-23-14(25-28-16)10-5-7-12(8-6-10)27-17(19,20)21/h1-9H,(H,24,26). The number of carbonyl (C=O) groups is 1. The molecule has 0 spiro atoms. The first-order valence-corrected chi connectivity index (χ1v) is 7.97. The lowest BCUT2D eigenvalue weighted by Gasteiger charge is -2.08. The van der Waals surface area contributed by atoms with Crippen LogP contribution in [0.25, 0.3) is 11.4 Å². The number of hydrogen-bond donors (Lipinski definition) is 1. The maximum absolute atomic E-state index is 12.2. The van der Waals surface area contributed by atoms with Crippen molar-refractivity contribution in [3.8, 4) is 17.1 Å². The van der Waals surface area contributed by atoms with E-state index in [1.165, 1.54) is 18.3 Å². The Bertz CT molecular complexity index is 1000. The highest BCUT2D eigenvalue weighted by molar-refractivity contribution is 6.33. The van der Waals surface area contributed by atoms with Crippen LogP contribution in [0.2, 0.25) is 5.02 Å². The molecule has 0 radical (unpaired) electrons. The van der Waals surface area contributed by atoms with Gasteiger partial charge in [-0.1, -0.05) is 35.0 Å². The van der Waals surface area contributed by atoms with E-state index in [1.54, 1.807) is 24.3 Å². The van der Waals surface area contributed by atoms with Crippen LogP contribution in [0.4, 0.5) is 13.2 Å². The van der Waals surface area contributed by atoms with Crippen molar-refractivity contribution in [1.82, 2.24) is 15.6 Å². The van der Waals surface area contributed by atoms with Gasteiger partial charge in [-0.2, -0.15) is 10.1 Å². The van der Waals surface area contributed by atoms with Crippen LogP contribution in [0.5, 0.6) is 5.75 Å². The maximum Gasteiger partial charge on any atom is 0.573 e. The van der Waals surface area contributed by atoms with Crippen molar-refractivity contribution in [2.24, 2.45) is 5.10 Å². The summed E-state index contributed by atoms with van der Waals surface area (Å²) in [4.78, 5) is 15.9. The van der Waals surface area contributed by atoms with Gasteiger partial charge in [-0.3, -0.25) is 4.79 Å². The van der Waals surface area contributed by atoms with Crippen molar-refractivity contribution in [2.75, 3.05) is 0 Å². The quantitative estimate of drug-likeness (QED) is 0.506. The van der Waals surface area contributed by atoms with Crippen molar-refractivity contribution in [2.45, 2.75) is 6.36 Å². The summed E-state index contributed by atoms with van der Waals surface area (Å²) in [6.45, 7) is 0. The zero-order valence-corrected chi connectivity index (χ0v) is 14.5. The Balaban J connectivity index is 1.65. The van der Waals surface area contributed by atoms with Crippen molar-refractivity contribution < 1.29 is 27.2 Å². The molecule has 0 saturated heterocycles. The lowest BCUT2D eigenvalue weighted by molar-refractivity contribution is -0.274. The maximum atomic E-state index is 12.2. The number of carbonyl (C=O) groups excluding carboxylic acids is 1. The minimum absolute atomic E-state index is 0.0128. The molecule has 144 valence electrons. The van der Waals surface area contributed by atoms with Crippen LogP contribution in [-0.2, 0) is 0 Å². The first-order chi connectivity index (χ1) is 13.3. The van der Waals surface area contributed by atoms with Crippen LogP contribution >= 0.6 is 11.6 Å². The molecule has 0 atom stereocenters. The van der Waals surface area contributed by atoms with E-state index >= 15 is 0 Å². The third-order valence-corrected chi connectivity index (χ3v) is 3.59. The van der Waals surface area contributed by atoms with E-state index in [-0.39, 0.29) is 11.7 Å². The number of halogens is 4. The number of nitrogens with one attached hydrogen (secondary N) is 1. The van der Waals surface area contributed by atoms with Crippen molar-refractivity contribution in [3.05, 3.63) is 65.0 Å². The summed E-state index contributed by atoms with van der Waals surface area (Å²) in [6.07, 6.45) is -3.44. The van der Waals surface area contributed by atoms with Gasteiger partial charge in [0.2, 0.25) is 5.82 Å². The van der Waals surface area contributed by atoms with E-state index in [9.17, 15) is 18.0 Å². The fourth-order valence-corrected chi connectivity index (χ4v) is 2.21. The third-order valence-electron chi connectivity index (χ3n) is 3.24. The van der Waals surface area contributed by atoms with E-state index in [0.717, 1.165) is 12.1 Å². The Labute approximate surface area is 160 Å². The van der Waals surface area contributed by atoms with Gasteiger partial charge in [0.15, 0.2) is 0 Å². The first kappa shape index (κ1) is 19.4. The number of hydrogen-bond acceptors (Lipinski definition) is 6. The fourth-order valence-electron chi connectivity index (χ4n) is 2.03. The number of amides is 1. The molecule has 0 unspecified atom stereocenters. The number of alkyl halides is 3. The number of nitrogens with zero attached hydrogens (tertiary/aromatic N) is 3. The molecule has 3 rings (SSSR count). The minimum atomic E-state index is -4.79. The molecule has 28 heavy (non-hydrogen) atoms. The van der Waals surface area contributed by atoms with Gasteiger partial charge >= 0.3 is 18.2 Å². The van der Waals surface area contributed by atoms with Gasteiger partial charge in [0.05, 0.1) is 6.21 Å². The predicted octanol–water partition coefficient (Wildman–Crippen LogP) is 4.05. The monoisotopic (exact) mass is 410 g/mol. The van der Waals surface area contributed by atoms with E-state index in [1.807, 2.05) is 0 Å². The highest BCUT2D eigenvalue weighted by atomic mass is 35.5. The summed E-state index contributed by atoms with van der Waals surface area (Å²) in [5, 5.41) is 7.81. The van der Waals surface area contributed by atoms with Gasteiger partial charge in [-0.15, -0.1) is 13.2 Å². The Kier molecular flexibility index (Phi) is 5.59. The number of hydrazone groups is 1. The molecule has 0 aliphatic rings. The number of rotatable bonds is 5. The molecule has 7 nitrogen and oxygen atoms in total. The topological polar surface area (TPSA) is 89.6 Å². The molecule has 1 heterocycles. The molecule has 1 aromatic heterocycles. The Morgan fingerprint density at radius 3 is 2.57 bits per heavy atom. The third kappa shape index (κ3) is 5.07. The summed E-state index contributed by atoms with van der Waals surface area (Å²) in [5.41, 5.74) is 3.13. The normalized spacial score (nSPS) is 11.6. The van der Waals surface area contributed by atoms with Crippen molar-refractivity contribution in [1.29, 1.82) is 0 Å². The second-order valence-electron chi connectivity index (χ2n) is 5.22. The highest BCUT2D eigenvalue weighted by Gasteiger charge is 2.31. The second-order valence-corrected chi connectivity index (χ2v) is 5.62. The van der Waals surface area contributed by atoms with Crippen LogP contribution in [0.1, 0.15) is 16.2 Å². The van der Waals surface area contributed by atoms with Gasteiger partial charge in [0.25, 0.3) is 0 Å². The molecule has 0 fully saturated rings. The summed E-state index contributed by atoms with van der Waals surface area (Å²) in [5.74, 6) is -1.52. The molecule has 0 aliphatic carbocycles. The second kappa shape index (κ2) is 8.09. The average Bonchev–Trinajstić information content (AvgIpc) is 3.13. The van der Waals surface area contributed by atoms with Gasteiger partial charge in [-0.05, 0) is 30.3 Å². The molecule has 0 bridgehead atoms. The molecule has 0 aliphatic heterocycles. The largest absolute Gasteiger partial charge is 0.573 e. The molecule has 3 aromatic rings. The van der Waals surface area contributed by atoms with E-state index in [2.05, 4.69) is 25.4 Å². The smallest absolute Gasteiger partial charge is 0.406 e. The molecule has 2 aromatic carbocycles. The number of benzene rings is 2. The Morgan fingerprint density at radius 1 is 1.18 bits per heavy atom. The lowest BCUT2D eigenvalue weighted by Crippen LogP contribution is -2.18. The Hall–Kier alpha value is -3.40. The lowest BCUT2D eigenvalue weighted by atomic mass is 10.2.